The Kier molecular flexibility index (Phi) is 5.37. The number of carbonyl (C=O) groups excluding carboxylic acids is 3. The van der Waals surface area contributed by atoms with Crippen molar-refractivity contribution < 1.29 is 33.3 Å². The Labute approximate surface area is 173 Å². The molecular weight excluding hydrogens is 388 g/mol. The van der Waals surface area contributed by atoms with Crippen LogP contribution in [0.2, 0.25) is 0 Å². The maximum Gasteiger partial charge on any atom is 0.338 e. The Hall–Kier alpha value is -3.45. The fraction of sp³-hybridized carbons (Fsp3) is 0.261. The minimum atomic E-state index is -1.09. The third-order valence-electron chi connectivity index (χ3n) is 5.01. The van der Waals surface area contributed by atoms with Gasteiger partial charge < -0.3 is 18.9 Å². The fourth-order valence-corrected chi connectivity index (χ4v) is 3.47. The van der Waals surface area contributed by atoms with Crippen molar-refractivity contribution in [3.05, 3.63) is 83.9 Å². The maximum absolute atomic E-state index is 12.5. The van der Waals surface area contributed by atoms with E-state index >= 15 is 0 Å². The first-order valence-electron chi connectivity index (χ1n) is 9.51. The third kappa shape index (κ3) is 3.97. The molecule has 154 valence electrons. The van der Waals surface area contributed by atoms with Crippen LogP contribution in [0.25, 0.3) is 0 Å². The van der Waals surface area contributed by atoms with E-state index in [2.05, 4.69) is 0 Å². The summed E-state index contributed by atoms with van der Waals surface area (Å²) >= 11 is 0. The van der Waals surface area contributed by atoms with Gasteiger partial charge in [0.05, 0.1) is 11.1 Å². The molecule has 1 fully saturated rings. The van der Waals surface area contributed by atoms with Crippen LogP contribution in [0.15, 0.2) is 72.8 Å². The van der Waals surface area contributed by atoms with Crippen LogP contribution in [0, 0.1) is 0 Å². The molecule has 0 saturated carbocycles. The van der Waals surface area contributed by atoms with E-state index in [1.54, 1.807) is 72.8 Å². The summed E-state index contributed by atoms with van der Waals surface area (Å²) in [5, 5.41) is 0. The number of fused-ring (bicyclic) bond motifs is 1. The van der Waals surface area contributed by atoms with Crippen molar-refractivity contribution in [1.82, 2.24) is 0 Å². The molecule has 1 aliphatic heterocycles. The van der Waals surface area contributed by atoms with E-state index in [0.29, 0.717) is 11.1 Å². The molecule has 2 aromatic carbocycles. The van der Waals surface area contributed by atoms with E-state index in [0.717, 1.165) is 0 Å². The Balaban J connectivity index is 1.50. The average Bonchev–Trinajstić information content (AvgIpc) is 3.50. The number of esters is 3. The molecule has 4 rings (SSSR count). The van der Waals surface area contributed by atoms with Crippen LogP contribution < -0.4 is 0 Å². The van der Waals surface area contributed by atoms with Gasteiger partial charge in [0.15, 0.2) is 17.8 Å². The van der Waals surface area contributed by atoms with Crippen LogP contribution in [0.4, 0.5) is 0 Å². The van der Waals surface area contributed by atoms with Gasteiger partial charge in [0.2, 0.25) is 0 Å². The van der Waals surface area contributed by atoms with Gasteiger partial charge in [-0.1, -0.05) is 42.5 Å². The molecule has 4 atom stereocenters. The molecule has 0 amide bonds. The smallest absolute Gasteiger partial charge is 0.338 e. The van der Waals surface area contributed by atoms with Crippen molar-refractivity contribution in [2.24, 2.45) is 0 Å². The molecular formula is C23H20O7. The lowest BCUT2D eigenvalue weighted by Gasteiger charge is -2.31. The van der Waals surface area contributed by atoms with Crippen LogP contribution >= 0.6 is 0 Å². The zero-order chi connectivity index (χ0) is 21.1. The molecule has 30 heavy (non-hydrogen) atoms. The average molecular weight is 408 g/mol. The minimum Gasteiger partial charge on any atom is -0.459 e. The lowest BCUT2D eigenvalue weighted by molar-refractivity contribution is -0.158. The molecule has 0 radical (unpaired) electrons. The standard InChI is InChI=1S/C23H20O7/c1-15(24)28-20-18(29-22(26)17-10-6-3-7-11-17)12-13-19-23(20,30-19)14-27-21(25)16-8-4-2-5-9-16/h2-13,18-20H,14H2,1H3/t18-,19+,20+,23+/m1/s1. The topological polar surface area (TPSA) is 91.4 Å². The summed E-state index contributed by atoms with van der Waals surface area (Å²) in [6.07, 6.45) is 1.12. The first-order valence-corrected chi connectivity index (χ1v) is 9.51. The van der Waals surface area contributed by atoms with E-state index in [1.807, 2.05) is 0 Å². The molecule has 0 spiro atoms. The molecule has 7 heteroatoms. The number of benzene rings is 2. The highest BCUT2D eigenvalue weighted by Crippen LogP contribution is 2.47. The highest BCUT2D eigenvalue weighted by molar-refractivity contribution is 5.90. The molecule has 0 unspecified atom stereocenters. The van der Waals surface area contributed by atoms with Gasteiger partial charge in [-0.2, -0.15) is 0 Å². The van der Waals surface area contributed by atoms with E-state index in [1.165, 1.54) is 6.92 Å². The van der Waals surface area contributed by atoms with Crippen molar-refractivity contribution in [2.45, 2.75) is 30.8 Å². The molecule has 0 aromatic heterocycles. The zero-order valence-electron chi connectivity index (χ0n) is 16.2. The summed E-state index contributed by atoms with van der Waals surface area (Å²) in [6.45, 7) is 1.11. The third-order valence-corrected chi connectivity index (χ3v) is 5.01. The van der Waals surface area contributed by atoms with Crippen LogP contribution in [0.1, 0.15) is 27.6 Å². The number of carbonyl (C=O) groups is 3. The molecule has 0 bridgehead atoms. The van der Waals surface area contributed by atoms with Crippen molar-refractivity contribution in [2.75, 3.05) is 6.61 Å². The Morgan fingerprint density at radius 2 is 1.47 bits per heavy atom. The number of hydrogen-bond donors (Lipinski definition) is 0. The maximum atomic E-state index is 12.5. The number of hydrogen-bond acceptors (Lipinski definition) is 7. The zero-order valence-corrected chi connectivity index (χ0v) is 16.2. The predicted octanol–water partition coefficient (Wildman–Crippen LogP) is 2.71. The summed E-state index contributed by atoms with van der Waals surface area (Å²) in [7, 11) is 0. The SMILES string of the molecule is CC(=O)O[C@H]1[C@H](OC(=O)c2ccccc2)C=C[C@@H]2O[C@@]21COC(=O)c1ccccc1. The molecule has 0 N–H and O–H groups in total. The van der Waals surface area contributed by atoms with E-state index in [9.17, 15) is 14.4 Å². The second-order valence-electron chi connectivity index (χ2n) is 7.09. The Morgan fingerprint density at radius 3 is 2.07 bits per heavy atom. The summed E-state index contributed by atoms with van der Waals surface area (Å²) < 4.78 is 22.2. The molecule has 2 aliphatic rings. The van der Waals surface area contributed by atoms with Crippen molar-refractivity contribution in [3.63, 3.8) is 0 Å². The first-order chi connectivity index (χ1) is 14.5. The van der Waals surface area contributed by atoms with Crippen LogP contribution in [-0.2, 0) is 23.7 Å². The van der Waals surface area contributed by atoms with Gasteiger partial charge in [-0.05, 0) is 30.3 Å². The van der Waals surface area contributed by atoms with Crippen molar-refractivity contribution in [1.29, 1.82) is 0 Å². The summed E-state index contributed by atoms with van der Waals surface area (Å²) in [4.78, 5) is 36.6. The Morgan fingerprint density at radius 1 is 0.867 bits per heavy atom. The highest BCUT2D eigenvalue weighted by atomic mass is 16.7. The second-order valence-corrected chi connectivity index (χ2v) is 7.09. The predicted molar refractivity (Wildman–Crippen MR) is 105 cm³/mol. The highest BCUT2D eigenvalue weighted by Gasteiger charge is 2.67. The number of ether oxygens (including phenoxy) is 4. The normalized spacial score (nSPS) is 26.2. The quantitative estimate of drug-likeness (QED) is 0.314. The van der Waals surface area contributed by atoms with Gasteiger partial charge >= 0.3 is 17.9 Å². The van der Waals surface area contributed by atoms with Crippen molar-refractivity contribution in [3.8, 4) is 0 Å². The molecule has 1 saturated heterocycles. The number of epoxide rings is 1. The van der Waals surface area contributed by atoms with Crippen LogP contribution in [-0.4, -0.2) is 48.4 Å². The van der Waals surface area contributed by atoms with Gasteiger partial charge in [0, 0.05) is 6.92 Å². The fourth-order valence-electron chi connectivity index (χ4n) is 3.47. The summed E-state index contributed by atoms with van der Waals surface area (Å²) in [5.41, 5.74) is -0.323. The summed E-state index contributed by atoms with van der Waals surface area (Å²) in [6, 6.07) is 17.0. The van der Waals surface area contributed by atoms with Crippen LogP contribution in [0.3, 0.4) is 0 Å². The monoisotopic (exact) mass is 408 g/mol. The van der Waals surface area contributed by atoms with Gasteiger partial charge in [-0.15, -0.1) is 0 Å². The largest absolute Gasteiger partial charge is 0.459 e. The molecule has 1 heterocycles. The molecule has 2 aromatic rings. The first kappa shape index (κ1) is 19.8. The lowest BCUT2D eigenvalue weighted by atomic mass is 9.89. The van der Waals surface area contributed by atoms with Gasteiger partial charge in [-0.25, -0.2) is 9.59 Å². The van der Waals surface area contributed by atoms with Crippen LogP contribution in [0.5, 0.6) is 0 Å². The van der Waals surface area contributed by atoms with E-state index in [4.69, 9.17) is 18.9 Å². The molecule has 1 aliphatic carbocycles. The Bertz CT molecular complexity index is 970. The van der Waals surface area contributed by atoms with E-state index < -0.39 is 41.8 Å². The van der Waals surface area contributed by atoms with Gasteiger partial charge in [0.25, 0.3) is 0 Å². The van der Waals surface area contributed by atoms with E-state index in [-0.39, 0.29) is 6.61 Å². The lowest BCUT2D eigenvalue weighted by Crippen LogP contribution is -2.50. The minimum absolute atomic E-state index is 0.146. The van der Waals surface area contributed by atoms with Gasteiger partial charge in [-0.3, -0.25) is 4.79 Å². The van der Waals surface area contributed by atoms with Gasteiger partial charge in [0.1, 0.15) is 12.7 Å². The number of rotatable bonds is 6. The molecule has 7 nitrogen and oxygen atoms in total. The summed E-state index contributed by atoms with van der Waals surface area (Å²) in [5.74, 6) is -1.63. The van der Waals surface area contributed by atoms with Crippen molar-refractivity contribution >= 4 is 17.9 Å². The second kappa shape index (κ2) is 8.12.